The second-order valence-corrected chi connectivity index (χ2v) is 5.43. The zero-order chi connectivity index (χ0) is 12.8. The van der Waals surface area contributed by atoms with Crippen molar-refractivity contribution in [3.63, 3.8) is 0 Å². The second-order valence-electron chi connectivity index (χ2n) is 5.43. The molecule has 1 N–H and O–H groups in total. The van der Waals surface area contributed by atoms with E-state index in [9.17, 15) is 9.90 Å². The van der Waals surface area contributed by atoms with Crippen LogP contribution < -0.4 is 4.90 Å². The summed E-state index contributed by atoms with van der Waals surface area (Å²) in [5.74, 6) is 0.268. The van der Waals surface area contributed by atoms with Crippen LogP contribution >= 0.6 is 0 Å². The molecule has 0 unspecified atom stereocenters. The number of carboxylic acids is 1. The van der Waals surface area contributed by atoms with Crippen molar-refractivity contribution >= 4 is 11.9 Å². The molecule has 1 saturated carbocycles. The Morgan fingerprint density at radius 1 is 1.61 bits per heavy atom. The largest absolute Gasteiger partial charge is 0.481 e. The highest BCUT2D eigenvalue weighted by Gasteiger charge is 2.55. The number of aromatic nitrogens is 2. The fraction of sp³-hybridized carbons (Fsp3) is 0.615. The molecule has 1 aliphatic carbocycles. The third-order valence-electron chi connectivity index (χ3n) is 4.36. The maximum absolute atomic E-state index is 11.6. The molecule has 1 aromatic heterocycles. The van der Waals surface area contributed by atoms with E-state index in [0.717, 1.165) is 31.5 Å². The third-order valence-corrected chi connectivity index (χ3v) is 4.36. The standard InChI is InChI=1S/C13H17N3O2/c1-9-4-6-14-12(15-9)16-7-10-3-2-5-13(10,8-16)11(17)18/h4,6,10H,2-3,5,7-8H2,1H3,(H,17,18)/t10-,13+/m0/s1. The SMILES string of the molecule is Cc1ccnc(N2C[C@@H]3CCC[C@@]3(C(=O)O)C2)n1. The van der Waals surface area contributed by atoms with Crippen LogP contribution in [-0.4, -0.2) is 34.1 Å². The van der Waals surface area contributed by atoms with Crippen molar-refractivity contribution in [2.24, 2.45) is 11.3 Å². The van der Waals surface area contributed by atoms with Gasteiger partial charge < -0.3 is 10.0 Å². The van der Waals surface area contributed by atoms with Gasteiger partial charge in [0.1, 0.15) is 0 Å². The van der Waals surface area contributed by atoms with Gasteiger partial charge in [0.15, 0.2) is 0 Å². The Morgan fingerprint density at radius 3 is 3.11 bits per heavy atom. The number of carbonyl (C=O) groups is 1. The summed E-state index contributed by atoms with van der Waals surface area (Å²) in [7, 11) is 0. The van der Waals surface area contributed by atoms with Gasteiger partial charge in [0, 0.05) is 25.0 Å². The molecule has 1 aliphatic heterocycles. The second kappa shape index (κ2) is 3.93. The van der Waals surface area contributed by atoms with Crippen molar-refractivity contribution in [3.05, 3.63) is 18.0 Å². The highest BCUT2D eigenvalue weighted by Crippen LogP contribution is 2.49. The normalized spacial score (nSPS) is 30.5. The number of aryl methyl sites for hydroxylation is 1. The molecule has 2 heterocycles. The van der Waals surface area contributed by atoms with Crippen molar-refractivity contribution in [2.45, 2.75) is 26.2 Å². The van der Waals surface area contributed by atoms with E-state index in [2.05, 4.69) is 9.97 Å². The van der Waals surface area contributed by atoms with Crippen molar-refractivity contribution in [1.29, 1.82) is 0 Å². The summed E-state index contributed by atoms with van der Waals surface area (Å²) in [6.45, 7) is 3.25. The lowest BCUT2D eigenvalue weighted by Crippen LogP contribution is -2.36. The number of hydrogen-bond donors (Lipinski definition) is 1. The molecule has 18 heavy (non-hydrogen) atoms. The minimum atomic E-state index is -0.653. The number of aliphatic carboxylic acids is 1. The average Bonchev–Trinajstić information content (AvgIpc) is 2.85. The Kier molecular flexibility index (Phi) is 2.50. The van der Waals surface area contributed by atoms with E-state index < -0.39 is 11.4 Å². The van der Waals surface area contributed by atoms with E-state index in [0.29, 0.717) is 12.5 Å². The molecule has 2 atom stereocenters. The van der Waals surface area contributed by atoms with Gasteiger partial charge in [0.2, 0.25) is 5.95 Å². The van der Waals surface area contributed by atoms with E-state index in [1.54, 1.807) is 6.20 Å². The summed E-state index contributed by atoms with van der Waals surface area (Å²) in [4.78, 5) is 22.3. The quantitative estimate of drug-likeness (QED) is 0.857. The van der Waals surface area contributed by atoms with E-state index in [1.165, 1.54) is 0 Å². The lowest BCUT2D eigenvalue weighted by molar-refractivity contribution is -0.149. The van der Waals surface area contributed by atoms with Crippen molar-refractivity contribution < 1.29 is 9.90 Å². The Labute approximate surface area is 106 Å². The summed E-state index contributed by atoms with van der Waals surface area (Å²) in [5.41, 5.74) is 0.356. The Balaban J connectivity index is 1.89. The highest BCUT2D eigenvalue weighted by molar-refractivity contribution is 5.77. The molecule has 0 aromatic carbocycles. The summed E-state index contributed by atoms with van der Waals surface area (Å²) in [5, 5.41) is 9.53. The average molecular weight is 247 g/mol. The van der Waals surface area contributed by atoms with Gasteiger partial charge in [0.05, 0.1) is 5.41 Å². The van der Waals surface area contributed by atoms with Crippen molar-refractivity contribution in [3.8, 4) is 0 Å². The molecular formula is C13H17N3O2. The first-order valence-corrected chi connectivity index (χ1v) is 6.40. The Hall–Kier alpha value is -1.65. The molecule has 0 spiro atoms. The van der Waals surface area contributed by atoms with Crippen LogP contribution in [-0.2, 0) is 4.79 Å². The van der Waals surface area contributed by atoms with Crippen LogP contribution in [0.4, 0.5) is 5.95 Å². The first-order valence-electron chi connectivity index (χ1n) is 6.40. The number of carboxylic acid groups (broad SMARTS) is 1. The molecule has 1 saturated heterocycles. The molecule has 0 amide bonds. The van der Waals surface area contributed by atoms with Crippen molar-refractivity contribution in [2.75, 3.05) is 18.0 Å². The minimum Gasteiger partial charge on any atom is -0.481 e. The predicted molar refractivity (Wildman–Crippen MR) is 66.4 cm³/mol. The van der Waals surface area contributed by atoms with Crippen LogP contribution in [0.15, 0.2) is 12.3 Å². The summed E-state index contributed by atoms with van der Waals surface area (Å²) >= 11 is 0. The highest BCUT2D eigenvalue weighted by atomic mass is 16.4. The van der Waals surface area contributed by atoms with Crippen LogP contribution in [0.1, 0.15) is 25.0 Å². The monoisotopic (exact) mass is 247 g/mol. The number of nitrogens with zero attached hydrogens (tertiary/aromatic N) is 3. The number of rotatable bonds is 2. The molecule has 2 aliphatic rings. The Morgan fingerprint density at radius 2 is 2.44 bits per heavy atom. The molecule has 1 aromatic rings. The van der Waals surface area contributed by atoms with E-state index in [1.807, 2.05) is 17.9 Å². The first kappa shape index (κ1) is 11.4. The molecule has 5 heteroatoms. The first-order chi connectivity index (χ1) is 8.62. The fourth-order valence-corrected chi connectivity index (χ4v) is 3.38. The minimum absolute atomic E-state index is 0.249. The van der Waals surface area contributed by atoms with Gasteiger partial charge in [-0.1, -0.05) is 6.42 Å². The lowest BCUT2D eigenvalue weighted by atomic mass is 9.81. The van der Waals surface area contributed by atoms with Gasteiger partial charge in [-0.2, -0.15) is 0 Å². The molecular weight excluding hydrogens is 230 g/mol. The van der Waals surface area contributed by atoms with Crippen molar-refractivity contribution in [1.82, 2.24) is 9.97 Å². The number of hydrogen-bond acceptors (Lipinski definition) is 4. The molecule has 2 fully saturated rings. The van der Waals surface area contributed by atoms with Gasteiger partial charge >= 0.3 is 5.97 Å². The number of anilines is 1. The molecule has 5 nitrogen and oxygen atoms in total. The molecule has 3 rings (SSSR count). The number of fused-ring (bicyclic) bond motifs is 1. The molecule has 96 valence electrons. The summed E-state index contributed by atoms with van der Waals surface area (Å²) < 4.78 is 0. The van der Waals surface area contributed by atoms with Crippen LogP contribution in [0.3, 0.4) is 0 Å². The van der Waals surface area contributed by atoms with Crippen LogP contribution in [0, 0.1) is 18.3 Å². The fourth-order valence-electron chi connectivity index (χ4n) is 3.38. The maximum Gasteiger partial charge on any atom is 0.311 e. The van der Waals surface area contributed by atoms with Gasteiger partial charge in [-0.15, -0.1) is 0 Å². The van der Waals surface area contributed by atoms with E-state index in [-0.39, 0.29) is 5.92 Å². The van der Waals surface area contributed by atoms with Crippen LogP contribution in [0.25, 0.3) is 0 Å². The topological polar surface area (TPSA) is 66.3 Å². The zero-order valence-corrected chi connectivity index (χ0v) is 10.5. The van der Waals surface area contributed by atoms with Crippen LogP contribution in [0.2, 0.25) is 0 Å². The van der Waals surface area contributed by atoms with Gasteiger partial charge in [0.25, 0.3) is 0 Å². The van der Waals surface area contributed by atoms with Gasteiger partial charge in [-0.3, -0.25) is 4.79 Å². The summed E-state index contributed by atoms with van der Waals surface area (Å²) in [6, 6.07) is 1.85. The maximum atomic E-state index is 11.6. The van der Waals surface area contributed by atoms with Gasteiger partial charge in [-0.25, -0.2) is 9.97 Å². The van der Waals surface area contributed by atoms with E-state index >= 15 is 0 Å². The summed E-state index contributed by atoms with van der Waals surface area (Å²) in [6.07, 6.45) is 4.56. The van der Waals surface area contributed by atoms with E-state index in [4.69, 9.17) is 0 Å². The smallest absolute Gasteiger partial charge is 0.311 e. The molecule has 0 bridgehead atoms. The molecule has 0 radical (unpaired) electrons. The third kappa shape index (κ3) is 1.57. The Bertz CT molecular complexity index is 491. The predicted octanol–water partition coefficient (Wildman–Crippen LogP) is 1.48. The lowest BCUT2D eigenvalue weighted by Gasteiger charge is -2.23. The van der Waals surface area contributed by atoms with Gasteiger partial charge in [-0.05, 0) is 31.7 Å². The van der Waals surface area contributed by atoms with Crippen LogP contribution in [0.5, 0.6) is 0 Å². The zero-order valence-electron chi connectivity index (χ0n) is 10.5.